The van der Waals surface area contributed by atoms with Gasteiger partial charge in [-0.15, -0.1) is 0 Å². The molecule has 1 saturated heterocycles. The van der Waals surface area contributed by atoms with Gasteiger partial charge in [-0.05, 0) is 37.3 Å². The van der Waals surface area contributed by atoms with E-state index in [2.05, 4.69) is 15.6 Å². The van der Waals surface area contributed by atoms with Crippen LogP contribution in [-0.2, 0) is 35.2 Å². The highest BCUT2D eigenvalue weighted by Gasteiger charge is 2.38. The molecular weight excluding hydrogens is 512 g/mol. The van der Waals surface area contributed by atoms with Crippen LogP contribution in [0.15, 0.2) is 30.5 Å². The second-order valence-corrected chi connectivity index (χ2v) is 9.42. The number of nitrogens with zero attached hydrogens (tertiary/aromatic N) is 1. The summed E-state index contributed by atoms with van der Waals surface area (Å²) < 4.78 is 0. The fourth-order valence-electron chi connectivity index (χ4n) is 4.62. The van der Waals surface area contributed by atoms with Crippen LogP contribution in [0, 0.1) is 0 Å². The third kappa shape index (κ3) is 7.54. The molecule has 0 bridgehead atoms. The van der Waals surface area contributed by atoms with Crippen molar-refractivity contribution in [2.75, 3.05) is 6.54 Å². The zero-order valence-corrected chi connectivity index (χ0v) is 21.1. The summed E-state index contributed by atoms with van der Waals surface area (Å²) in [6.45, 7) is 0.268. The normalized spacial score (nSPS) is 17.3. The number of H-pyrrole nitrogens is 1. The standard InChI is InChI=1S/C25H32N6O8/c26-15(10-13-12-28-16-5-2-1-4-14(13)16)24(37)31-9-3-6-19(31)23(36)29-17(7-8-21(33)34)22(35)30-18(25(38)39)11-20(27)32/h1-2,4-5,12,15,17-19,28H,3,6-11,26H2,(H2,27,32)(H,29,36)(H,30,35)(H,33,34)(H,38,39). The number of carboxylic acid groups (broad SMARTS) is 2. The lowest BCUT2D eigenvalue weighted by atomic mass is 10.0. The van der Waals surface area contributed by atoms with E-state index in [0.29, 0.717) is 12.8 Å². The van der Waals surface area contributed by atoms with Gasteiger partial charge >= 0.3 is 11.9 Å². The average molecular weight is 545 g/mol. The van der Waals surface area contributed by atoms with Gasteiger partial charge in [-0.1, -0.05) is 18.2 Å². The summed E-state index contributed by atoms with van der Waals surface area (Å²) in [6.07, 6.45) is 1.26. The Kier molecular flexibility index (Phi) is 9.60. The lowest BCUT2D eigenvalue weighted by Crippen LogP contribution is -2.57. The van der Waals surface area contributed by atoms with E-state index in [1.807, 2.05) is 24.3 Å². The molecule has 0 aliphatic carbocycles. The first-order valence-corrected chi connectivity index (χ1v) is 12.4. The van der Waals surface area contributed by atoms with Crippen molar-refractivity contribution in [1.82, 2.24) is 20.5 Å². The van der Waals surface area contributed by atoms with E-state index in [1.165, 1.54) is 4.90 Å². The van der Waals surface area contributed by atoms with E-state index in [-0.39, 0.29) is 19.4 Å². The number of carboxylic acids is 2. The van der Waals surface area contributed by atoms with Crippen molar-refractivity contribution in [3.63, 3.8) is 0 Å². The van der Waals surface area contributed by atoms with Gasteiger partial charge in [0.05, 0.1) is 12.5 Å². The maximum atomic E-state index is 13.2. The van der Waals surface area contributed by atoms with Crippen LogP contribution in [0.2, 0.25) is 0 Å². The Balaban J connectivity index is 1.69. The molecule has 0 saturated carbocycles. The number of hydrogen-bond donors (Lipinski definition) is 7. The van der Waals surface area contributed by atoms with E-state index in [9.17, 15) is 33.9 Å². The number of amides is 4. The first-order chi connectivity index (χ1) is 18.5. The molecular formula is C25H32N6O8. The number of primary amides is 1. The van der Waals surface area contributed by atoms with Gasteiger partial charge < -0.3 is 42.2 Å². The summed E-state index contributed by atoms with van der Waals surface area (Å²) in [7, 11) is 0. The van der Waals surface area contributed by atoms with Gasteiger partial charge in [0.25, 0.3) is 0 Å². The second-order valence-electron chi connectivity index (χ2n) is 9.42. The summed E-state index contributed by atoms with van der Waals surface area (Å²) in [6, 6.07) is 2.58. The number of aliphatic carboxylic acids is 2. The number of aromatic nitrogens is 1. The lowest BCUT2D eigenvalue weighted by molar-refractivity contribution is -0.144. The van der Waals surface area contributed by atoms with Gasteiger partial charge in [-0.3, -0.25) is 24.0 Å². The number of rotatable bonds is 13. The van der Waals surface area contributed by atoms with Crippen LogP contribution in [0.1, 0.15) is 37.7 Å². The van der Waals surface area contributed by atoms with Gasteiger partial charge in [-0.25, -0.2) is 4.79 Å². The maximum Gasteiger partial charge on any atom is 0.326 e. The minimum atomic E-state index is -1.66. The Morgan fingerprint density at radius 3 is 2.46 bits per heavy atom. The van der Waals surface area contributed by atoms with Crippen molar-refractivity contribution in [2.45, 2.75) is 62.7 Å². The number of carbonyl (C=O) groups excluding carboxylic acids is 4. The largest absolute Gasteiger partial charge is 0.481 e. The number of aromatic amines is 1. The van der Waals surface area contributed by atoms with Crippen molar-refractivity contribution < 1.29 is 39.0 Å². The van der Waals surface area contributed by atoms with Gasteiger partial charge in [-0.2, -0.15) is 0 Å². The van der Waals surface area contributed by atoms with E-state index in [4.69, 9.17) is 16.6 Å². The van der Waals surface area contributed by atoms with Crippen LogP contribution in [0.25, 0.3) is 10.9 Å². The van der Waals surface area contributed by atoms with Gasteiger partial charge in [0.1, 0.15) is 18.1 Å². The Morgan fingerprint density at radius 1 is 1.08 bits per heavy atom. The molecule has 2 heterocycles. The number of likely N-dealkylation sites (tertiary alicyclic amines) is 1. The fraction of sp³-hybridized carbons (Fsp3) is 0.440. The Bertz CT molecular complexity index is 1260. The van der Waals surface area contributed by atoms with Gasteiger partial charge in [0.15, 0.2) is 0 Å². The Hall–Kier alpha value is -4.46. The number of benzene rings is 1. The molecule has 4 amide bonds. The van der Waals surface area contributed by atoms with E-state index >= 15 is 0 Å². The van der Waals surface area contributed by atoms with Gasteiger partial charge in [0, 0.05) is 30.1 Å². The average Bonchev–Trinajstić information content (AvgIpc) is 3.53. The zero-order chi connectivity index (χ0) is 28.7. The third-order valence-electron chi connectivity index (χ3n) is 6.57. The summed E-state index contributed by atoms with van der Waals surface area (Å²) in [4.78, 5) is 77.3. The number of carbonyl (C=O) groups is 6. The van der Waals surface area contributed by atoms with Crippen LogP contribution in [0.5, 0.6) is 0 Å². The minimum Gasteiger partial charge on any atom is -0.481 e. The highest BCUT2D eigenvalue weighted by atomic mass is 16.4. The van der Waals surface area contributed by atoms with Crippen molar-refractivity contribution in [3.8, 4) is 0 Å². The minimum absolute atomic E-state index is 0.230. The SMILES string of the molecule is NC(=O)CC(NC(=O)C(CCC(=O)O)NC(=O)C1CCCN1C(=O)C(N)Cc1c[nH]c2ccccc12)C(=O)O. The van der Waals surface area contributed by atoms with Crippen LogP contribution < -0.4 is 22.1 Å². The second kappa shape index (κ2) is 12.9. The van der Waals surface area contributed by atoms with Crippen LogP contribution in [0.4, 0.5) is 0 Å². The third-order valence-corrected chi connectivity index (χ3v) is 6.57. The molecule has 14 nitrogen and oxygen atoms in total. The molecule has 1 fully saturated rings. The molecule has 0 radical (unpaired) electrons. The lowest BCUT2D eigenvalue weighted by Gasteiger charge is -2.28. The molecule has 4 atom stereocenters. The zero-order valence-electron chi connectivity index (χ0n) is 21.1. The Morgan fingerprint density at radius 2 is 1.79 bits per heavy atom. The molecule has 3 rings (SSSR count). The van der Waals surface area contributed by atoms with E-state index < -0.39 is 72.6 Å². The number of fused-ring (bicyclic) bond motifs is 1. The highest BCUT2D eigenvalue weighted by Crippen LogP contribution is 2.22. The summed E-state index contributed by atoms with van der Waals surface area (Å²) in [5, 5.41) is 23.8. The summed E-state index contributed by atoms with van der Waals surface area (Å²) in [5.74, 6) is -5.88. The molecule has 39 heavy (non-hydrogen) atoms. The number of nitrogens with one attached hydrogen (secondary N) is 3. The van der Waals surface area contributed by atoms with Crippen LogP contribution in [-0.4, -0.2) is 86.4 Å². The first kappa shape index (κ1) is 29.1. The highest BCUT2D eigenvalue weighted by molar-refractivity contribution is 5.95. The fourth-order valence-corrected chi connectivity index (χ4v) is 4.62. The smallest absolute Gasteiger partial charge is 0.326 e. The molecule has 1 aromatic heterocycles. The molecule has 210 valence electrons. The van der Waals surface area contributed by atoms with Crippen molar-refractivity contribution in [3.05, 3.63) is 36.0 Å². The molecule has 1 aliphatic heterocycles. The molecule has 2 aromatic rings. The number of para-hydroxylation sites is 1. The Labute approximate surface area is 223 Å². The predicted molar refractivity (Wildman–Crippen MR) is 137 cm³/mol. The van der Waals surface area contributed by atoms with E-state index in [0.717, 1.165) is 16.5 Å². The number of hydrogen-bond acceptors (Lipinski definition) is 7. The molecule has 9 N–H and O–H groups in total. The molecule has 0 spiro atoms. The van der Waals surface area contributed by atoms with Crippen LogP contribution in [0.3, 0.4) is 0 Å². The van der Waals surface area contributed by atoms with Gasteiger partial charge in [0.2, 0.25) is 23.6 Å². The van der Waals surface area contributed by atoms with E-state index in [1.54, 1.807) is 6.20 Å². The molecule has 1 aromatic carbocycles. The van der Waals surface area contributed by atoms with Crippen molar-refractivity contribution in [1.29, 1.82) is 0 Å². The topological polar surface area (TPSA) is 238 Å². The number of nitrogens with two attached hydrogens (primary N) is 2. The predicted octanol–water partition coefficient (Wildman–Crippen LogP) is -1.18. The monoisotopic (exact) mass is 544 g/mol. The summed E-state index contributed by atoms with van der Waals surface area (Å²) >= 11 is 0. The van der Waals surface area contributed by atoms with Crippen LogP contribution >= 0.6 is 0 Å². The molecule has 14 heteroatoms. The maximum absolute atomic E-state index is 13.2. The molecule has 4 unspecified atom stereocenters. The van der Waals surface area contributed by atoms with Crippen molar-refractivity contribution in [2.24, 2.45) is 11.5 Å². The summed E-state index contributed by atoms with van der Waals surface area (Å²) in [5.41, 5.74) is 13.0. The quantitative estimate of drug-likeness (QED) is 0.160. The van der Waals surface area contributed by atoms with Crippen molar-refractivity contribution >= 4 is 46.5 Å². The molecule has 1 aliphatic rings. The first-order valence-electron chi connectivity index (χ1n) is 12.4.